The van der Waals surface area contributed by atoms with Crippen LogP contribution in [0.5, 0.6) is 0 Å². The lowest BCUT2D eigenvalue weighted by Gasteiger charge is -2.22. The van der Waals surface area contributed by atoms with Gasteiger partial charge in [0.05, 0.1) is 0 Å². The van der Waals surface area contributed by atoms with Crippen molar-refractivity contribution in [3.05, 3.63) is 35.6 Å². The van der Waals surface area contributed by atoms with E-state index in [1.54, 1.807) is 18.2 Å². The van der Waals surface area contributed by atoms with Crippen molar-refractivity contribution >= 4 is 11.8 Å². The van der Waals surface area contributed by atoms with Gasteiger partial charge in [-0.15, -0.1) is 0 Å². The molecule has 21 heavy (non-hydrogen) atoms. The summed E-state index contributed by atoms with van der Waals surface area (Å²) >= 11 is 0. The van der Waals surface area contributed by atoms with Gasteiger partial charge in [0, 0.05) is 12.6 Å². The van der Waals surface area contributed by atoms with Crippen molar-refractivity contribution in [3.63, 3.8) is 0 Å². The molecular weight excluding hydrogens is 271 g/mol. The quantitative estimate of drug-likeness (QED) is 0.833. The van der Waals surface area contributed by atoms with E-state index >= 15 is 0 Å². The molecule has 2 amide bonds. The molecule has 1 saturated carbocycles. The van der Waals surface area contributed by atoms with Gasteiger partial charge in [-0.2, -0.15) is 0 Å². The van der Waals surface area contributed by atoms with Gasteiger partial charge in [-0.05, 0) is 30.9 Å². The molecule has 0 radical (unpaired) electrons. The molecule has 4 nitrogen and oxygen atoms in total. The Hall–Kier alpha value is -1.91. The Balaban J connectivity index is 1.71. The van der Waals surface area contributed by atoms with E-state index in [4.69, 9.17) is 0 Å². The minimum atomic E-state index is -0.642. The van der Waals surface area contributed by atoms with Crippen LogP contribution >= 0.6 is 0 Å². The summed E-state index contributed by atoms with van der Waals surface area (Å²) in [6.45, 7) is 0.248. The summed E-state index contributed by atoms with van der Waals surface area (Å²) in [4.78, 5) is 23.4. The van der Waals surface area contributed by atoms with Gasteiger partial charge >= 0.3 is 11.8 Å². The van der Waals surface area contributed by atoms with Crippen LogP contribution in [-0.4, -0.2) is 24.4 Å². The van der Waals surface area contributed by atoms with Crippen molar-refractivity contribution in [2.24, 2.45) is 0 Å². The third-order valence-corrected chi connectivity index (χ3v) is 3.78. The first-order valence-electron chi connectivity index (χ1n) is 7.49. The van der Waals surface area contributed by atoms with Gasteiger partial charge in [0.2, 0.25) is 0 Å². The zero-order valence-corrected chi connectivity index (χ0v) is 12.0. The maximum absolute atomic E-state index is 13.4. The van der Waals surface area contributed by atoms with Gasteiger partial charge in [0.1, 0.15) is 5.82 Å². The van der Waals surface area contributed by atoms with E-state index in [9.17, 15) is 14.0 Å². The monoisotopic (exact) mass is 292 g/mol. The molecule has 0 heterocycles. The first-order valence-corrected chi connectivity index (χ1v) is 7.49. The average Bonchev–Trinajstić information content (AvgIpc) is 2.50. The van der Waals surface area contributed by atoms with Crippen LogP contribution in [-0.2, 0) is 16.0 Å². The van der Waals surface area contributed by atoms with Crippen molar-refractivity contribution in [2.75, 3.05) is 6.54 Å². The lowest BCUT2D eigenvalue weighted by molar-refractivity contribution is -0.139. The molecule has 0 atom stereocenters. The predicted octanol–water partition coefficient (Wildman–Crippen LogP) is 1.93. The molecule has 1 aliphatic rings. The predicted molar refractivity (Wildman–Crippen MR) is 78.1 cm³/mol. The normalized spacial score (nSPS) is 15.5. The highest BCUT2D eigenvalue weighted by atomic mass is 19.1. The second-order valence-corrected chi connectivity index (χ2v) is 5.41. The Labute approximate surface area is 124 Å². The first-order chi connectivity index (χ1) is 10.2. The third kappa shape index (κ3) is 4.85. The molecule has 0 aliphatic heterocycles. The molecule has 0 bridgehead atoms. The molecule has 1 fully saturated rings. The molecule has 5 heteroatoms. The summed E-state index contributed by atoms with van der Waals surface area (Å²) in [6.07, 6.45) is 5.64. The summed E-state index contributed by atoms with van der Waals surface area (Å²) in [6, 6.07) is 6.53. The fraction of sp³-hybridized carbons (Fsp3) is 0.500. The molecule has 1 aliphatic carbocycles. The average molecular weight is 292 g/mol. The highest BCUT2D eigenvalue weighted by Crippen LogP contribution is 2.17. The highest BCUT2D eigenvalue weighted by Gasteiger charge is 2.19. The molecule has 0 saturated heterocycles. The van der Waals surface area contributed by atoms with E-state index in [1.807, 2.05) is 0 Å². The highest BCUT2D eigenvalue weighted by molar-refractivity contribution is 6.35. The van der Waals surface area contributed by atoms with Crippen molar-refractivity contribution in [1.82, 2.24) is 10.6 Å². The third-order valence-electron chi connectivity index (χ3n) is 3.78. The molecule has 114 valence electrons. The van der Waals surface area contributed by atoms with E-state index < -0.39 is 11.8 Å². The number of halogens is 1. The second kappa shape index (κ2) is 7.76. The standard InChI is InChI=1S/C16H21FN2O2/c17-14-9-5-4-6-12(14)10-11-18-15(20)16(21)19-13-7-2-1-3-8-13/h4-6,9,13H,1-3,7-8,10-11H2,(H,18,20)(H,19,21). The van der Waals surface area contributed by atoms with Crippen LogP contribution in [0.4, 0.5) is 4.39 Å². The van der Waals surface area contributed by atoms with Crippen LogP contribution in [0, 0.1) is 5.82 Å². The summed E-state index contributed by atoms with van der Waals surface area (Å²) in [5.74, 6) is -1.52. The summed E-state index contributed by atoms with van der Waals surface area (Å²) in [5.41, 5.74) is 0.533. The molecule has 0 spiro atoms. The minimum Gasteiger partial charge on any atom is -0.348 e. The van der Waals surface area contributed by atoms with Crippen LogP contribution in [0.15, 0.2) is 24.3 Å². The van der Waals surface area contributed by atoms with Crippen molar-refractivity contribution in [1.29, 1.82) is 0 Å². The smallest absolute Gasteiger partial charge is 0.309 e. The first kappa shape index (κ1) is 15.5. The molecule has 2 rings (SSSR count). The van der Waals surface area contributed by atoms with Crippen LogP contribution in [0.3, 0.4) is 0 Å². The Morgan fingerprint density at radius 1 is 1.10 bits per heavy atom. The van der Waals surface area contributed by atoms with Crippen molar-refractivity contribution in [3.8, 4) is 0 Å². The topological polar surface area (TPSA) is 58.2 Å². The van der Waals surface area contributed by atoms with Gasteiger partial charge in [0.25, 0.3) is 0 Å². The maximum atomic E-state index is 13.4. The summed E-state index contributed by atoms with van der Waals surface area (Å²) in [7, 11) is 0. The van der Waals surface area contributed by atoms with Gasteiger partial charge < -0.3 is 10.6 Å². The number of amides is 2. The fourth-order valence-electron chi connectivity index (χ4n) is 2.59. The molecule has 1 aromatic carbocycles. The summed E-state index contributed by atoms with van der Waals surface area (Å²) in [5, 5.41) is 5.28. The number of hydrogen-bond acceptors (Lipinski definition) is 2. The number of carbonyl (C=O) groups is 2. The van der Waals surface area contributed by atoms with Crippen LogP contribution < -0.4 is 10.6 Å². The Morgan fingerprint density at radius 2 is 1.81 bits per heavy atom. The van der Waals surface area contributed by atoms with Gasteiger partial charge in [-0.3, -0.25) is 9.59 Å². The Bertz CT molecular complexity index is 499. The zero-order chi connectivity index (χ0) is 15.1. The molecule has 2 N–H and O–H groups in total. The Kier molecular flexibility index (Phi) is 5.72. The Morgan fingerprint density at radius 3 is 2.52 bits per heavy atom. The van der Waals surface area contributed by atoms with Gasteiger partial charge in [-0.25, -0.2) is 4.39 Å². The summed E-state index contributed by atoms with van der Waals surface area (Å²) < 4.78 is 13.4. The largest absolute Gasteiger partial charge is 0.348 e. The van der Waals surface area contributed by atoms with E-state index in [0.717, 1.165) is 25.7 Å². The van der Waals surface area contributed by atoms with Crippen molar-refractivity contribution in [2.45, 2.75) is 44.6 Å². The maximum Gasteiger partial charge on any atom is 0.309 e. The second-order valence-electron chi connectivity index (χ2n) is 5.41. The van der Waals surface area contributed by atoms with E-state index in [1.165, 1.54) is 12.5 Å². The van der Waals surface area contributed by atoms with E-state index in [-0.39, 0.29) is 18.4 Å². The molecular formula is C16H21FN2O2. The van der Waals surface area contributed by atoms with Crippen LogP contribution in [0.2, 0.25) is 0 Å². The van der Waals surface area contributed by atoms with Gasteiger partial charge in [0.15, 0.2) is 0 Å². The number of benzene rings is 1. The van der Waals surface area contributed by atoms with E-state index in [2.05, 4.69) is 10.6 Å². The van der Waals surface area contributed by atoms with Gasteiger partial charge in [-0.1, -0.05) is 37.5 Å². The zero-order valence-electron chi connectivity index (χ0n) is 12.0. The number of nitrogens with one attached hydrogen (secondary N) is 2. The molecule has 0 aromatic heterocycles. The molecule has 0 unspecified atom stereocenters. The number of hydrogen-bond donors (Lipinski definition) is 2. The van der Waals surface area contributed by atoms with Crippen molar-refractivity contribution < 1.29 is 14.0 Å². The SMILES string of the molecule is O=C(NCCc1ccccc1F)C(=O)NC1CCCCC1. The fourth-order valence-corrected chi connectivity index (χ4v) is 2.59. The van der Waals surface area contributed by atoms with Crippen LogP contribution in [0.25, 0.3) is 0 Å². The lowest BCUT2D eigenvalue weighted by Crippen LogP contribution is -2.45. The van der Waals surface area contributed by atoms with E-state index in [0.29, 0.717) is 12.0 Å². The van der Waals surface area contributed by atoms with Crippen LogP contribution in [0.1, 0.15) is 37.7 Å². The lowest BCUT2D eigenvalue weighted by atomic mass is 9.95. The number of carbonyl (C=O) groups excluding carboxylic acids is 2. The minimum absolute atomic E-state index is 0.114. The molecule has 1 aromatic rings. The number of rotatable bonds is 4.